The van der Waals surface area contributed by atoms with E-state index in [9.17, 15) is 9.90 Å². The van der Waals surface area contributed by atoms with Crippen molar-refractivity contribution in [3.05, 3.63) is 59.1 Å². The smallest absolute Gasteiger partial charge is 0.336 e. The minimum absolute atomic E-state index is 0.245. The second-order valence-corrected chi connectivity index (χ2v) is 5.58. The van der Waals surface area contributed by atoms with Gasteiger partial charge in [0.05, 0.1) is 30.4 Å². The normalized spacial score (nSPS) is 10.6. The van der Waals surface area contributed by atoms with Crippen LogP contribution >= 0.6 is 11.6 Å². The van der Waals surface area contributed by atoms with Crippen LogP contribution in [-0.4, -0.2) is 25.3 Å². The van der Waals surface area contributed by atoms with E-state index in [1.54, 1.807) is 37.4 Å². The van der Waals surface area contributed by atoms with E-state index < -0.39 is 5.97 Å². The summed E-state index contributed by atoms with van der Waals surface area (Å²) < 4.78 is 10.9. The molecule has 0 bridgehead atoms. The highest BCUT2D eigenvalue weighted by molar-refractivity contribution is 6.33. The van der Waals surface area contributed by atoms with Crippen molar-refractivity contribution in [3.63, 3.8) is 0 Å². The number of benzene rings is 3. The van der Waals surface area contributed by atoms with E-state index in [2.05, 4.69) is 0 Å². The van der Waals surface area contributed by atoms with Gasteiger partial charge < -0.3 is 14.6 Å². The average molecular weight is 343 g/mol. The predicted octanol–water partition coefficient (Wildman–Crippen LogP) is 4.88. The summed E-state index contributed by atoms with van der Waals surface area (Å²) >= 11 is 6.27. The largest absolute Gasteiger partial charge is 0.496 e. The molecule has 0 saturated carbocycles. The lowest BCUT2D eigenvalue weighted by molar-refractivity contribution is 0.0699. The fourth-order valence-electron chi connectivity index (χ4n) is 2.87. The molecule has 5 heteroatoms. The van der Waals surface area contributed by atoms with Crippen molar-refractivity contribution in [1.82, 2.24) is 0 Å². The highest BCUT2D eigenvalue weighted by atomic mass is 35.5. The molecule has 4 nitrogen and oxygen atoms in total. The number of aromatic carboxylic acids is 1. The quantitative estimate of drug-likeness (QED) is 0.734. The van der Waals surface area contributed by atoms with E-state index in [1.807, 2.05) is 18.2 Å². The van der Waals surface area contributed by atoms with Gasteiger partial charge in [-0.3, -0.25) is 0 Å². The number of ether oxygens (including phenoxy) is 2. The zero-order valence-electron chi connectivity index (χ0n) is 13.2. The van der Waals surface area contributed by atoms with E-state index in [-0.39, 0.29) is 5.56 Å². The lowest BCUT2D eigenvalue weighted by Crippen LogP contribution is -1.99. The van der Waals surface area contributed by atoms with E-state index in [1.165, 1.54) is 7.11 Å². The zero-order chi connectivity index (χ0) is 17.3. The Morgan fingerprint density at radius 1 is 0.958 bits per heavy atom. The van der Waals surface area contributed by atoms with Crippen molar-refractivity contribution in [3.8, 4) is 22.6 Å². The predicted molar refractivity (Wildman–Crippen MR) is 94.5 cm³/mol. The van der Waals surface area contributed by atoms with E-state index in [0.717, 1.165) is 10.9 Å². The minimum atomic E-state index is -0.970. The first kappa shape index (κ1) is 16.1. The van der Waals surface area contributed by atoms with Crippen LogP contribution in [0.1, 0.15) is 10.4 Å². The van der Waals surface area contributed by atoms with Crippen molar-refractivity contribution in [2.75, 3.05) is 14.2 Å². The molecule has 0 unspecified atom stereocenters. The van der Waals surface area contributed by atoms with Crippen LogP contribution in [0.15, 0.2) is 48.5 Å². The zero-order valence-corrected chi connectivity index (χ0v) is 13.9. The summed E-state index contributed by atoms with van der Waals surface area (Å²) in [5.74, 6) is 0.122. The Bertz CT molecular complexity index is 934. The molecule has 0 heterocycles. The molecular weight excluding hydrogens is 328 g/mol. The van der Waals surface area contributed by atoms with Crippen molar-refractivity contribution in [1.29, 1.82) is 0 Å². The third kappa shape index (κ3) is 2.55. The molecule has 0 saturated heterocycles. The Morgan fingerprint density at radius 3 is 2.29 bits per heavy atom. The van der Waals surface area contributed by atoms with Crippen LogP contribution in [-0.2, 0) is 0 Å². The van der Waals surface area contributed by atoms with Gasteiger partial charge in [-0.2, -0.15) is 0 Å². The molecule has 3 aromatic carbocycles. The van der Waals surface area contributed by atoms with Gasteiger partial charge in [0.15, 0.2) is 0 Å². The van der Waals surface area contributed by atoms with Crippen LogP contribution in [0.2, 0.25) is 5.02 Å². The van der Waals surface area contributed by atoms with Gasteiger partial charge >= 0.3 is 5.97 Å². The fraction of sp³-hybridized carbons (Fsp3) is 0.105. The molecule has 0 amide bonds. The number of carboxylic acid groups (broad SMARTS) is 1. The van der Waals surface area contributed by atoms with E-state index in [4.69, 9.17) is 21.1 Å². The number of hydrogen-bond donors (Lipinski definition) is 1. The highest BCUT2D eigenvalue weighted by Gasteiger charge is 2.20. The first-order valence-electron chi connectivity index (χ1n) is 7.24. The summed E-state index contributed by atoms with van der Waals surface area (Å²) in [6, 6.07) is 14.1. The summed E-state index contributed by atoms with van der Waals surface area (Å²) in [6.45, 7) is 0. The van der Waals surface area contributed by atoms with Gasteiger partial charge in [-0.1, -0.05) is 41.9 Å². The molecule has 0 aliphatic carbocycles. The van der Waals surface area contributed by atoms with Gasteiger partial charge in [0.25, 0.3) is 0 Å². The van der Waals surface area contributed by atoms with Crippen LogP contribution in [0, 0.1) is 0 Å². The Kier molecular flexibility index (Phi) is 4.32. The second-order valence-electron chi connectivity index (χ2n) is 5.17. The van der Waals surface area contributed by atoms with Gasteiger partial charge in [0.2, 0.25) is 0 Å². The van der Waals surface area contributed by atoms with E-state index in [0.29, 0.717) is 27.5 Å². The number of carboxylic acids is 1. The monoisotopic (exact) mass is 342 g/mol. The summed E-state index contributed by atoms with van der Waals surface area (Å²) in [5, 5.41) is 11.3. The van der Waals surface area contributed by atoms with Gasteiger partial charge in [-0.05, 0) is 34.5 Å². The number of methoxy groups -OCH3 is 2. The first-order valence-corrected chi connectivity index (χ1v) is 7.62. The molecule has 3 rings (SSSR count). The molecule has 0 atom stereocenters. The number of halogens is 1. The van der Waals surface area contributed by atoms with E-state index >= 15 is 0 Å². The average Bonchev–Trinajstić information content (AvgIpc) is 2.60. The summed E-state index contributed by atoms with van der Waals surface area (Å²) in [7, 11) is 3.11. The Morgan fingerprint density at radius 2 is 1.67 bits per heavy atom. The molecule has 0 aliphatic rings. The lowest BCUT2D eigenvalue weighted by Gasteiger charge is -2.17. The Labute approximate surface area is 144 Å². The third-order valence-electron chi connectivity index (χ3n) is 3.92. The van der Waals surface area contributed by atoms with Crippen LogP contribution < -0.4 is 9.47 Å². The SMILES string of the molecule is COc1ccc(Cl)c(OC)c1-c1ccc(C(=O)O)c2ccccc12. The summed E-state index contributed by atoms with van der Waals surface area (Å²) in [6.07, 6.45) is 0. The standard InChI is InChI=1S/C19H15ClO4/c1-23-16-10-9-15(20)18(24-2)17(16)13-7-8-14(19(21)22)12-6-4-3-5-11(12)13/h3-10H,1-2H3,(H,21,22). The highest BCUT2D eigenvalue weighted by Crippen LogP contribution is 2.45. The fourth-order valence-corrected chi connectivity index (χ4v) is 3.10. The van der Waals surface area contributed by atoms with Crippen molar-refractivity contribution < 1.29 is 19.4 Å². The van der Waals surface area contributed by atoms with Crippen LogP contribution in [0.5, 0.6) is 11.5 Å². The molecule has 0 radical (unpaired) electrons. The maximum atomic E-state index is 11.5. The molecule has 1 N–H and O–H groups in total. The number of fused-ring (bicyclic) bond motifs is 1. The first-order chi connectivity index (χ1) is 11.6. The topological polar surface area (TPSA) is 55.8 Å². The molecule has 0 fully saturated rings. The maximum absolute atomic E-state index is 11.5. The summed E-state index contributed by atoms with van der Waals surface area (Å²) in [5.41, 5.74) is 1.74. The molecule has 0 spiro atoms. The Balaban J connectivity index is 2.42. The molecule has 0 aromatic heterocycles. The molecule has 0 aliphatic heterocycles. The number of carbonyl (C=O) groups is 1. The molecule has 3 aromatic rings. The maximum Gasteiger partial charge on any atom is 0.336 e. The second kappa shape index (κ2) is 6.42. The van der Waals surface area contributed by atoms with Gasteiger partial charge in [0.1, 0.15) is 11.5 Å². The van der Waals surface area contributed by atoms with Crippen molar-refractivity contribution in [2.45, 2.75) is 0 Å². The Hall–Kier alpha value is -2.72. The number of hydrogen-bond acceptors (Lipinski definition) is 3. The van der Waals surface area contributed by atoms with Gasteiger partial charge in [-0.15, -0.1) is 0 Å². The van der Waals surface area contributed by atoms with Gasteiger partial charge in [0, 0.05) is 0 Å². The molecular formula is C19H15ClO4. The van der Waals surface area contributed by atoms with Gasteiger partial charge in [-0.25, -0.2) is 4.79 Å². The minimum Gasteiger partial charge on any atom is -0.496 e. The third-order valence-corrected chi connectivity index (χ3v) is 4.22. The van der Waals surface area contributed by atoms with Crippen molar-refractivity contribution >= 4 is 28.3 Å². The molecule has 24 heavy (non-hydrogen) atoms. The van der Waals surface area contributed by atoms with Crippen LogP contribution in [0.4, 0.5) is 0 Å². The van der Waals surface area contributed by atoms with Crippen molar-refractivity contribution in [2.24, 2.45) is 0 Å². The lowest BCUT2D eigenvalue weighted by atomic mass is 9.94. The van der Waals surface area contributed by atoms with Crippen LogP contribution in [0.25, 0.3) is 21.9 Å². The number of rotatable bonds is 4. The van der Waals surface area contributed by atoms with Crippen LogP contribution in [0.3, 0.4) is 0 Å². The summed E-state index contributed by atoms with van der Waals surface area (Å²) in [4.78, 5) is 11.5. The molecule has 122 valence electrons.